The predicted molar refractivity (Wildman–Crippen MR) is 71.2 cm³/mol. The minimum absolute atomic E-state index is 0.0795. The standard InChI is InChI=1S/C13H15F2N5/c14-9-4-1-5-10(15)11(9)12-17-13(19-18-12)20-6-2-3-8(16)7-20/h1,4-5,8H,2-3,6-7,16H2,(H,17,18,19). The number of hydrogen-bond acceptors (Lipinski definition) is 4. The molecule has 1 saturated heterocycles. The van der Waals surface area contributed by atoms with Gasteiger partial charge in [0.2, 0.25) is 5.95 Å². The lowest BCUT2D eigenvalue weighted by atomic mass is 10.1. The summed E-state index contributed by atoms with van der Waals surface area (Å²) in [5.41, 5.74) is 5.71. The monoisotopic (exact) mass is 279 g/mol. The summed E-state index contributed by atoms with van der Waals surface area (Å²) in [6.07, 6.45) is 1.93. The van der Waals surface area contributed by atoms with Gasteiger partial charge in [-0.2, -0.15) is 4.98 Å². The lowest BCUT2D eigenvalue weighted by Gasteiger charge is -2.29. The summed E-state index contributed by atoms with van der Waals surface area (Å²) in [5.74, 6) is -0.807. The maximum Gasteiger partial charge on any atom is 0.245 e. The SMILES string of the molecule is NC1CCCN(c2n[nH]c(-c3c(F)cccc3F)n2)C1. The number of anilines is 1. The Morgan fingerprint density at radius 3 is 2.75 bits per heavy atom. The fourth-order valence-electron chi connectivity index (χ4n) is 2.42. The molecule has 20 heavy (non-hydrogen) atoms. The van der Waals surface area contributed by atoms with Gasteiger partial charge in [-0.1, -0.05) is 6.07 Å². The molecule has 0 saturated carbocycles. The second kappa shape index (κ2) is 5.16. The van der Waals surface area contributed by atoms with E-state index in [1.54, 1.807) is 0 Å². The Bertz CT molecular complexity index is 592. The van der Waals surface area contributed by atoms with Crippen LogP contribution in [0.25, 0.3) is 11.4 Å². The molecular formula is C13H15F2N5. The Balaban J connectivity index is 1.90. The lowest BCUT2D eigenvalue weighted by Crippen LogP contribution is -2.43. The van der Waals surface area contributed by atoms with Gasteiger partial charge in [0, 0.05) is 19.1 Å². The maximum atomic E-state index is 13.7. The van der Waals surface area contributed by atoms with E-state index >= 15 is 0 Å². The van der Waals surface area contributed by atoms with E-state index in [4.69, 9.17) is 5.73 Å². The number of benzene rings is 1. The molecule has 106 valence electrons. The Morgan fingerprint density at radius 1 is 1.30 bits per heavy atom. The first kappa shape index (κ1) is 13.0. The molecule has 1 atom stereocenters. The number of H-pyrrole nitrogens is 1. The van der Waals surface area contributed by atoms with E-state index in [9.17, 15) is 8.78 Å². The Morgan fingerprint density at radius 2 is 2.05 bits per heavy atom. The van der Waals surface area contributed by atoms with Gasteiger partial charge in [0.05, 0.1) is 5.56 Å². The average Bonchev–Trinajstić information content (AvgIpc) is 2.88. The third kappa shape index (κ3) is 2.36. The molecule has 2 heterocycles. The summed E-state index contributed by atoms with van der Waals surface area (Å²) >= 11 is 0. The van der Waals surface area contributed by atoms with E-state index in [1.807, 2.05) is 4.90 Å². The number of nitrogens with zero attached hydrogens (tertiary/aromatic N) is 3. The molecule has 7 heteroatoms. The fraction of sp³-hybridized carbons (Fsp3) is 0.385. The highest BCUT2D eigenvalue weighted by atomic mass is 19.1. The molecule has 0 amide bonds. The number of halogens is 2. The molecule has 3 N–H and O–H groups in total. The van der Waals surface area contributed by atoms with Crippen LogP contribution < -0.4 is 10.6 Å². The van der Waals surface area contributed by atoms with Crippen LogP contribution in [0.5, 0.6) is 0 Å². The summed E-state index contributed by atoms with van der Waals surface area (Å²) in [5, 5.41) is 6.63. The van der Waals surface area contributed by atoms with Crippen molar-refractivity contribution in [2.45, 2.75) is 18.9 Å². The molecule has 5 nitrogen and oxygen atoms in total. The Labute approximate surface area is 114 Å². The van der Waals surface area contributed by atoms with Gasteiger partial charge in [-0.3, -0.25) is 5.10 Å². The van der Waals surface area contributed by atoms with Gasteiger partial charge in [0.15, 0.2) is 5.82 Å². The van der Waals surface area contributed by atoms with Crippen molar-refractivity contribution in [2.24, 2.45) is 5.73 Å². The smallest absolute Gasteiger partial charge is 0.245 e. The van der Waals surface area contributed by atoms with E-state index in [0.29, 0.717) is 12.5 Å². The van der Waals surface area contributed by atoms with Crippen LogP contribution in [0.15, 0.2) is 18.2 Å². The van der Waals surface area contributed by atoms with Crippen molar-refractivity contribution in [1.82, 2.24) is 15.2 Å². The molecule has 0 spiro atoms. The zero-order valence-corrected chi connectivity index (χ0v) is 10.8. The number of aromatic amines is 1. The van der Waals surface area contributed by atoms with Gasteiger partial charge >= 0.3 is 0 Å². The minimum atomic E-state index is -0.664. The summed E-state index contributed by atoms with van der Waals surface area (Å²) in [7, 11) is 0. The quantitative estimate of drug-likeness (QED) is 0.877. The number of hydrogen-bond donors (Lipinski definition) is 2. The number of rotatable bonds is 2. The molecule has 1 aliphatic heterocycles. The van der Waals surface area contributed by atoms with Gasteiger partial charge in [-0.25, -0.2) is 8.78 Å². The van der Waals surface area contributed by atoms with Crippen molar-refractivity contribution in [3.05, 3.63) is 29.8 Å². The van der Waals surface area contributed by atoms with E-state index in [0.717, 1.165) is 19.4 Å². The average molecular weight is 279 g/mol. The molecule has 1 unspecified atom stereocenters. The zero-order chi connectivity index (χ0) is 14.1. The minimum Gasteiger partial charge on any atom is -0.338 e. The van der Waals surface area contributed by atoms with Crippen molar-refractivity contribution in [2.75, 3.05) is 18.0 Å². The second-order valence-electron chi connectivity index (χ2n) is 4.93. The first-order chi connectivity index (χ1) is 9.65. The van der Waals surface area contributed by atoms with Crippen LogP contribution in [0.3, 0.4) is 0 Å². The number of nitrogens with two attached hydrogens (primary N) is 1. The fourth-order valence-corrected chi connectivity index (χ4v) is 2.42. The normalized spacial score (nSPS) is 19.4. The molecule has 0 aliphatic carbocycles. The van der Waals surface area contributed by atoms with Crippen LogP contribution in [0.4, 0.5) is 14.7 Å². The zero-order valence-electron chi connectivity index (χ0n) is 10.8. The van der Waals surface area contributed by atoms with Crippen molar-refractivity contribution < 1.29 is 8.78 Å². The second-order valence-corrected chi connectivity index (χ2v) is 4.93. The molecular weight excluding hydrogens is 264 g/mol. The van der Waals surface area contributed by atoms with Crippen LogP contribution >= 0.6 is 0 Å². The third-order valence-corrected chi connectivity index (χ3v) is 3.41. The topological polar surface area (TPSA) is 70.8 Å². The summed E-state index contributed by atoms with van der Waals surface area (Å²) in [6.45, 7) is 1.45. The number of aromatic nitrogens is 3. The maximum absolute atomic E-state index is 13.7. The summed E-state index contributed by atoms with van der Waals surface area (Å²) in [4.78, 5) is 6.11. The highest BCUT2D eigenvalue weighted by molar-refractivity contribution is 5.58. The van der Waals surface area contributed by atoms with Crippen LogP contribution in [0, 0.1) is 11.6 Å². The molecule has 0 radical (unpaired) electrons. The molecule has 1 aromatic heterocycles. The van der Waals surface area contributed by atoms with Gasteiger partial charge in [0.25, 0.3) is 0 Å². The highest BCUT2D eigenvalue weighted by Gasteiger charge is 2.22. The molecule has 1 fully saturated rings. The molecule has 1 aliphatic rings. The Hall–Kier alpha value is -2.02. The third-order valence-electron chi connectivity index (χ3n) is 3.41. The van der Waals surface area contributed by atoms with Crippen molar-refractivity contribution in [3.8, 4) is 11.4 Å². The highest BCUT2D eigenvalue weighted by Crippen LogP contribution is 2.24. The first-order valence-corrected chi connectivity index (χ1v) is 6.52. The van der Waals surface area contributed by atoms with E-state index < -0.39 is 11.6 Å². The van der Waals surface area contributed by atoms with Crippen molar-refractivity contribution in [3.63, 3.8) is 0 Å². The van der Waals surface area contributed by atoms with Gasteiger partial charge in [-0.15, -0.1) is 5.10 Å². The first-order valence-electron chi connectivity index (χ1n) is 6.52. The predicted octanol–water partition coefficient (Wildman–Crippen LogP) is 1.68. The number of nitrogens with one attached hydrogen (secondary N) is 1. The van der Waals surface area contributed by atoms with Crippen molar-refractivity contribution >= 4 is 5.95 Å². The largest absolute Gasteiger partial charge is 0.338 e. The summed E-state index contributed by atoms with van der Waals surface area (Å²) < 4.78 is 27.4. The van der Waals surface area contributed by atoms with Gasteiger partial charge in [0.1, 0.15) is 11.6 Å². The van der Waals surface area contributed by atoms with Crippen LogP contribution in [0.1, 0.15) is 12.8 Å². The van der Waals surface area contributed by atoms with Crippen LogP contribution in [-0.2, 0) is 0 Å². The lowest BCUT2D eigenvalue weighted by molar-refractivity contribution is 0.500. The molecule has 1 aromatic carbocycles. The van der Waals surface area contributed by atoms with E-state index in [2.05, 4.69) is 15.2 Å². The Kier molecular flexibility index (Phi) is 3.35. The number of piperidine rings is 1. The van der Waals surface area contributed by atoms with E-state index in [-0.39, 0.29) is 17.4 Å². The molecule has 2 aromatic rings. The molecule has 0 bridgehead atoms. The van der Waals surface area contributed by atoms with Crippen LogP contribution in [0.2, 0.25) is 0 Å². The van der Waals surface area contributed by atoms with Crippen molar-refractivity contribution in [1.29, 1.82) is 0 Å². The molecule has 3 rings (SSSR count). The van der Waals surface area contributed by atoms with Gasteiger partial charge < -0.3 is 10.6 Å². The van der Waals surface area contributed by atoms with E-state index in [1.165, 1.54) is 18.2 Å². The van der Waals surface area contributed by atoms with Crippen LogP contribution in [-0.4, -0.2) is 34.3 Å². The summed E-state index contributed by atoms with van der Waals surface area (Å²) in [6, 6.07) is 3.78. The van der Waals surface area contributed by atoms with Gasteiger partial charge in [-0.05, 0) is 25.0 Å².